The molecule has 1 aromatic heterocycles. The van der Waals surface area contributed by atoms with Crippen molar-refractivity contribution in [1.82, 2.24) is 15.6 Å². The quantitative estimate of drug-likeness (QED) is 0.673. The van der Waals surface area contributed by atoms with E-state index in [1.807, 2.05) is 13.0 Å². The van der Waals surface area contributed by atoms with Crippen molar-refractivity contribution in [3.05, 3.63) is 45.9 Å². The number of carbonyl (C=O) groups is 2. The number of nitrogens with one attached hydrogen (secondary N) is 3. The minimum atomic E-state index is -0.676. The maximum absolute atomic E-state index is 12.0. The van der Waals surface area contributed by atoms with Gasteiger partial charge in [0, 0.05) is 24.7 Å². The van der Waals surface area contributed by atoms with Crippen LogP contribution in [0.15, 0.2) is 23.5 Å². The molecular formula is C15H21N3O3. The van der Waals surface area contributed by atoms with E-state index in [-0.39, 0.29) is 23.9 Å². The molecule has 2 amide bonds. The van der Waals surface area contributed by atoms with Crippen LogP contribution in [-0.4, -0.2) is 22.8 Å². The van der Waals surface area contributed by atoms with Crippen molar-refractivity contribution in [2.45, 2.75) is 39.8 Å². The van der Waals surface area contributed by atoms with E-state index in [9.17, 15) is 14.4 Å². The van der Waals surface area contributed by atoms with Gasteiger partial charge < -0.3 is 15.6 Å². The van der Waals surface area contributed by atoms with E-state index in [4.69, 9.17) is 0 Å². The van der Waals surface area contributed by atoms with Gasteiger partial charge in [-0.2, -0.15) is 0 Å². The number of amides is 2. The molecule has 0 radical (unpaired) electrons. The summed E-state index contributed by atoms with van der Waals surface area (Å²) in [6, 6.07) is 1.17. The number of aromatic amines is 1. The van der Waals surface area contributed by atoms with E-state index in [0.717, 1.165) is 11.3 Å². The molecule has 0 aliphatic heterocycles. The molecule has 0 saturated heterocycles. The normalized spacial score (nSPS) is 11.6. The maximum Gasteiger partial charge on any atom is 0.253 e. The molecule has 0 aromatic carbocycles. The van der Waals surface area contributed by atoms with E-state index < -0.39 is 6.04 Å². The molecule has 114 valence electrons. The van der Waals surface area contributed by atoms with Crippen LogP contribution in [0.4, 0.5) is 0 Å². The van der Waals surface area contributed by atoms with Crippen LogP contribution in [0.5, 0.6) is 0 Å². The van der Waals surface area contributed by atoms with Crippen LogP contribution in [0.2, 0.25) is 0 Å². The Kier molecular flexibility index (Phi) is 5.90. The van der Waals surface area contributed by atoms with E-state index in [1.54, 1.807) is 13.0 Å². The number of rotatable bonds is 6. The fourth-order valence-corrected chi connectivity index (χ4v) is 2.04. The summed E-state index contributed by atoms with van der Waals surface area (Å²) in [5.41, 5.74) is 1.88. The lowest BCUT2D eigenvalue weighted by atomic mass is 10.1. The third-order valence-electron chi connectivity index (χ3n) is 3.03. The minimum Gasteiger partial charge on any atom is -0.350 e. The van der Waals surface area contributed by atoms with Gasteiger partial charge in [0.05, 0.1) is 0 Å². The Balaban J connectivity index is 2.77. The van der Waals surface area contributed by atoms with Gasteiger partial charge in [0.15, 0.2) is 0 Å². The van der Waals surface area contributed by atoms with E-state index >= 15 is 0 Å². The summed E-state index contributed by atoms with van der Waals surface area (Å²) in [4.78, 5) is 37.7. The molecule has 1 rings (SSSR count). The highest BCUT2D eigenvalue weighted by Crippen LogP contribution is 2.03. The van der Waals surface area contributed by atoms with Crippen molar-refractivity contribution in [2.75, 3.05) is 0 Å². The highest BCUT2D eigenvalue weighted by atomic mass is 16.2. The molecule has 3 N–H and O–H groups in total. The Hall–Kier alpha value is -2.37. The first-order valence-corrected chi connectivity index (χ1v) is 6.70. The number of H-pyrrole nitrogens is 1. The van der Waals surface area contributed by atoms with Gasteiger partial charge in [-0.05, 0) is 31.9 Å². The first kappa shape index (κ1) is 16.7. The van der Waals surface area contributed by atoms with Gasteiger partial charge in [-0.25, -0.2) is 0 Å². The predicted molar refractivity (Wildman–Crippen MR) is 80.8 cm³/mol. The third-order valence-corrected chi connectivity index (χ3v) is 3.03. The second kappa shape index (κ2) is 7.42. The predicted octanol–water partition coefficient (Wildman–Crippen LogP) is 0.689. The fourth-order valence-electron chi connectivity index (χ4n) is 2.04. The zero-order valence-electron chi connectivity index (χ0n) is 12.6. The number of aryl methyl sites for hydroxylation is 2. The summed E-state index contributed by atoms with van der Waals surface area (Å²) in [6.45, 7) is 8.64. The SMILES string of the molecule is C=CC[C@@H](NC(C)=O)C(=O)NCc1c(C)cc(C)[nH]c1=O. The molecule has 0 aliphatic carbocycles. The molecule has 0 spiro atoms. The van der Waals surface area contributed by atoms with Gasteiger partial charge in [-0.1, -0.05) is 6.08 Å². The monoisotopic (exact) mass is 291 g/mol. The molecule has 0 saturated carbocycles. The Labute approximate surface area is 123 Å². The lowest BCUT2D eigenvalue weighted by Crippen LogP contribution is -2.46. The summed E-state index contributed by atoms with van der Waals surface area (Å²) < 4.78 is 0. The molecule has 1 atom stereocenters. The average molecular weight is 291 g/mol. The molecule has 0 bridgehead atoms. The van der Waals surface area contributed by atoms with Gasteiger partial charge in [-0.15, -0.1) is 6.58 Å². The summed E-state index contributed by atoms with van der Waals surface area (Å²) in [5, 5.41) is 5.22. The number of pyridine rings is 1. The third kappa shape index (κ3) is 4.91. The van der Waals surface area contributed by atoms with Gasteiger partial charge in [0.1, 0.15) is 6.04 Å². The Morgan fingerprint density at radius 2 is 2.10 bits per heavy atom. The average Bonchev–Trinajstić information content (AvgIpc) is 2.36. The van der Waals surface area contributed by atoms with Crippen molar-refractivity contribution >= 4 is 11.8 Å². The van der Waals surface area contributed by atoms with E-state index in [0.29, 0.717) is 12.0 Å². The molecule has 21 heavy (non-hydrogen) atoms. The lowest BCUT2D eigenvalue weighted by Gasteiger charge is -2.16. The number of carbonyl (C=O) groups excluding carboxylic acids is 2. The van der Waals surface area contributed by atoms with Gasteiger partial charge in [0.25, 0.3) is 5.56 Å². The lowest BCUT2D eigenvalue weighted by molar-refractivity contribution is -0.128. The van der Waals surface area contributed by atoms with Crippen LogP contribution in [0, 0.1) is 13.8 Å². The Morgan fingerprint density at radius 3 is 2.62 bits per heavy atom. The van der Waals surface area contributed by atoms with Crippen molar-refractivity contribution in [3.63, 3.8) is 0 Å². The van der Waals surface area contributed by atoms with E-state index in [1.165, 1.54) is 6.92 Å². The van der Waals surface area contributed by atoms with Crippen molar-refractivity contribution < 1.29 is 9.59 Å². The van der Waals surface area contributed by atoms with Gasteiger partial charge in [-0.3, -0.25) is 14.4 Å². The van der Waals surface area contributed by atoms with Crippen LogP contribution in [0.3, 0.4) is 0 Å². The van der Waals surface area contributed by atoms with Crippen LogP contribution >= 0.6 is 0 Å². The molecular weight excluding hydrogens is 270 g/mol. The number of aromatic nitrogens is 1. The topological polar surface area (TPSA) is 91.1 Å². The van der Waals surface area contributed by atoms with E-state index in [2.05, 4.69) is 22.2 Å². The van der Waals surface area contributed by atoms with Crippen LogP contribution in [0.1, 0.15) is 30.2 Å². The summed E-state index contributed by atoms with van der Waals surface area (Å²) in [5.74, 6) is -0.633. The molecule has 0 aliphatic rings. The van der Waals surface area contributed by atoms with Crippen molar-refractivity contribution in [3.8, 4) is 0 Å². The van der Waals surface area contributed by atoms with Gasteiger partial charge >= 0.3 is 0 Å². The van der Waals surface area contributed by atoms with Crippen molar-refractivity contribution in [1.29, 1.82) is 0 Å². The Morgan fingerprint density at radius 1 is 1.43 bits per heavy atom. The standard InChI is InChI=1S/C15H21N3O3/c1-5-6-13(18-11(4)19)15(21)16-8-12-9(2)7-10(3)17-14(12)20/h5,7,13H,1,6,8H2,2-4H3,(H,16,21)(H,17,20)(H,18,19)/t13-/m1/s1. The van der Waals surface area contributed by atoms with Gasteiger partial charge in [0.2, 0.25) is 11.8 Å². The number of hydrogen-bond donors (Lipinski definition) is 3. The van der Waals surface area contributed by atoms with Crippen LogP contribution < -0.4 is 16.2 Å². The molecule has 0 fully saturated rings. The molecule has 6 heteroatoms. The smallest absolute Gasteiger partial charge is 0.253 e. The molecule has 1 aromatic rings. The largest absolute Gasteiger partial charge is 0.350 e. The zero-order chi connectivity index (χ0) is 16.0. The number of hydrogen-bond acceptors (Lipinski definition) is 3. The molecule has 0 unspecified atom stereocenters. The van der Waals surface area contributed by atoms with Crippen molar-refractivity contribution in [2.24, 2.45) is 0 Å². The molecule has 6 nitrogen and oxygen atoms in total. The second-order valence-corrected chi connectivity index (χ2v) is 4.94. The molecule has 1 heterocycles. The maximum atomic E-state index is 12.0. The highest BCUT2D eigenvalue weighted by Gasteiger charge is 2.18. The summed E-state index contributed by atoms with van der Waals surface area (Å²) in [6.07, 6.45) is 1.89. The first-order chi connectivity index (χ1) is 9.85. The second-order valence-electron chi connectivity index (χ2n) is 4.94. The highest BCUT2D eigenvalue weighted by molar-refractivity contribution is 5.86. The minimum absolute atomic E-state index is 0.119. The summed E-state index contributed by atoms with van der Waals surface area (Å²) in [7, 11) is 0. The fraction of sp³-hybridized carbons (Fsp3) is 0.400. The van der Waals surface area contributed by atoms with Crippen LogP contribution in [-0.2, 0) is 16.1 Å². The zero-order valence-corrected chi connectivity index (χ0v) is 12.6. The summed E-state index contributed by atoms with van der Waals surface area (Å²) >= 11 is 0. The first-order valence-electron chi connectivity index (χ1n) is 6.70. The van der Waals surface area contributed by atoms with Crippen LogP contribution in [0.25, 0.3) is 0 Å². The Bertz CT molecular complexity index is 605.